The minimum absolute atomic E-state index is 0.0914. The predicted molar refractivity (Wildman–Crippen MR) is 41.8 cm³/mol. The minimum Gasteiger partial charge on any atom is -0.150 e. The summed E-state index contributed by atoms with van der Waals surface area (Å²) in [5.74, 6) is 1.03. The summed E-state index contributed by atoms with van der Waals surface area (Å²) in [6, 6.07) is 0.0914. The molecule has 3 atom stereocenters. The highest BCUT2D eigenvalue weighted by Crippen LogP contribution is 2.30. The van der Waals surface area contributed by atoms with E-state index in [2.05, 4.69) is 19.0 Å². The minimum atomic E-state index is 0.0914. The molecule has 10 heavy (non-hydrogen) atoms. The van der Waals surface area contributed by atoms with Crippen LogP contribution in [0.2, 0.25) is 0 Å². The van der Waals surface area contributed by atoms with Gasteiger partial charge < -0.3 is 0 Å². The first-order valence-corrected chi connectivity index (χ1v) is 4.08. The van der Waals surface area contributed by atoms with Crippen molar-refractivity contribution in [1.29, 1.82) is 0 Å². The van der Waals surface area contributed by atoms with Crippen LogP contribution < -0.4 is 0 Å². The van der Waals surface area contributed by atoms with Gasteiger partial charge in [-0.15, -0.1) is 0 Å². The zero-order valence-electron chi connectivity index (χ0n) is 6.71. The largest absolute Gasteiger partial charge is 0.150 e. The van der Waals surface area contributed by atoms with Crippen molar-refractivity contribution in [2.24, 2.45) is 17.0 Å². The van der Waals surface area contributed by atoms with E-state index in [9.17, 15) is 4.91 Å². The Kier molecular flexibility index (Phi) is 2.41. The van der Waals surface area contributed by atoms with Gasteiger partial charge in [0.15, 0.2) is 0 Å². The quantitative estimate of drug-likeness (QED) is 0.516. The molecule has 1 unspecified atom stereocenters. The van der Waals surface area contributed by atoms with E-state index in [0.717, 1.165) is 0 Å². The van der Waals surface area contributed by atoms with Crippen molar-refractivity contribution >= 4 is 0 Å². The average molecular weight is 141 g/mol. The lowest BCUT2D eigenvalue weighted by atomic mass is 9.79. The molecule has 0 N–H and O–H groups in total. The fourth-order valence-corrected chi connectivity index (χ4v) is 1.87. The molecular formula is C8H15NO. The maximum Gasteiger partial charge on any atom is 0.0970 e. The summed E-state index contributed by atoms with van der Waals surface area (Å²) in [6.45, 7) is 4.25. The van der Waals surface area contributed by atoms with E-state index in [1.54, 1.807) is 0 Å². The van der Waals surface area contributed by atoms with Crippen molar-refractivity contribution in [2.75, 3.05) is 0 Å². The average Bonchev–Trinajstić information content (AvgIpc) is 1.88. The number of hydrogen-bond acceptors (Lipinski definition) is 2. The van der Waals surface area contributed by atoms with Crippen LogP contribution in [0.1, 0.15) is 33.1 Å². The van der Waals surface area contributed by atoms with Crippen LogP contribution in [0, 0.1) is 16.7 Å². The molecular weight excluding hydrogens is 126 g/mol. The highest BCUT2D eigenvalue weighted by Gasteiger charge is 2.28. The molecule has 1 aliphatic rings. The number of nitroso groups, excluding NO2 is 1. The fourth-order valence-electron chi connectivity index (χ4n) is 1.87. The number of nitrogens with zero attached hydrogens (tertiary/aromatic N) is 1. The SMILES string of the molecule is C[C@@H]1CCC[C@H](C)C1N=O. The van der Waals surface area contributed by atoms with Crippen molar-refractivity contribution in [1.82, 2.24) is 0 Å². The summed E-state index contributed by atoms with van der Waals surface area (Å²) in [7, 11) is 0. The molecule has 2 nitrogen and oxygen atoms in total. The third-order valence-corrected chi connectivity index (χ3v) is 2.61. The third kappa shape index (κ3) is 1.36. The summed E-state index contributed by atoms with van der Waals surface area (Å²) in [4.78, 5) is 10.3. The monoisotopic (exact) mass is 141 g/mol. The van der Waals surface area contributed by atoms with E-state index in [-0.39, 0.29) is 6.04 Å². The zero-order valence-corrected chi connectivity index (χ0v) is 6.71. The molecule has 0 aromatic rings. The van der Waals surface area contributed by atoms with Crippen LogP contribution in [0.4, 0.5) is 0 Å². The first-order chi connectivity index (χ1) is 4.75. The maximum absolute atomic E-state index is 10.3. The number of hydrogen-bond donors (Lipinski definition) is 0. The Labute approximate surface area is 62.0 Å². The van der Waals surface area contributed by atoms with Gasteiger partial charge in [-0.25, -0.2) is 0 Å². The Balaban J connectivity index is 2.53. The van der Waals surface area contributed by atoms with Gasteiger partial charge in [-0.05, 0) is 24.7 Å². The molecule has 0 heterocycles. The van der Waals surface area contributed by atoms with Gasteiger partial charge in [0.25, 0.3) is 0 Å². The highest BCUT2D eigenvalue weighted by molar-refractivity contribution is 4.82. The normalized spacial score (nSPS) is 41.2. The van der Waals surface area contributed by atoms with Crippen molar-refractivity contribution in [2.45, 2.75) is 39.2 Å². The zero-order chi connectivity index (χ0) is 7.56. The van der Waals surface area contributed by atoms with E-state index in [4.69, 9.17) is 0 Å². The van der Waals surface area contributed by atoms with Gasteiger partial charge in [0, 0.05) is 0 Å². The second-order valence-corrected chi connectivity index (χ2v) is 3.48. The lowest BCUT2D eigenvalue weighted by molar-refractivity contribution is 0.251. The van der Waals surface area contributed by atoms with E-state index < -0.39 is 0 Å². The Morgan fingerprint density at radius 3 is 2.00 bits per heavy atom. The maximum atomic E-state index is 10.3. The van der Waals surface area contributed by atoms with Crippen LogP contribution in [0.15, 0.2) is 5.18 Å². The number of rotatable bonds is 1. The molecule has 58 valence electrons. The van der Waals surface area contributed by atoms with E-state index in [0.29, 0.717) is 11.8 Å². The van der Waals surface area contributed by atoms with Crippen LogP contribution in [0.25, 0.3) is 0 Å². The van der Waals surface area contributed by atoms with Crippen LogP contribution in [0.5, 0.6) is 0 Å². The van der Waals surface area contributed by atoms with Crippen LogP contribution in [-0.2, 0) is 0 Å². The summed E-state index contributed by atoms with van der Waals surface area (Å²) in [6.07, 6.45) is 3.63. The van der Waals surface area contributed by atoms with Crippen LogP contribution in [0.3, 0.4) is 0 Å². The van der Waals surface area contributed by atoms with Gasteiger partial charge in [0.05, 0.1) is 6.04 Å². The van der Waals surface area contributed by atoms with Crippen molar-refractivity contribution in [3.63, 3.8) is 0 Å². The van der Waals surface area contributed by atoms with Gasteiger partial charge in [-0.3, -0.25) is 0 Å². The molecule has 0 aromatic heterocycles. The Bertz CT molecular complexity index is 114. The molecule has 0 aliphatic heterocycles. The van der Waals surface area contributed by atoms with Gasteiger partial charge in [0.1, 0.15) is 0 Å². The van der Waals surface area contributed by atoms with Crippen molar-refractivity contribution < 1.29 is 0 Å². The van der Waals surface area contributed by atoms with Crippen molar-refractivity contribution in [3.05, 3.63) is 4.91 Å². The molecule has 2 heteroatoms. The standard InChI is InChI=1S/C8H15NO/c1-6-4-3-5-7(2)8(6)9-10/h6-8H,3-5H2,1-2H3/t6-,7+,8?. The lowest BCUT2D eigenvalue weighted by Crippen LogP contribution is -2.27. The molecule has 0 bridgehead atoms. The Morgan fingerprint density at radius 2 is 1.70 bits per heavy atom. The van der Waals surface area contributed by atoms with E-state index in [1.807, 2.05) is 0 Å². The van der Waals surface area contributed by atoms with Gasteiger partial charge in [-0.1, -0.05) is 25.4 Å². The molecule has 1 aliphatic carbocycles. The molecule has 1 fully saturated rings. The van der Waals surface area contributed by atoms with E-state index >= 15 is 0 Å². The Hall–Kier alpha value is -0.400. The van der Waals surface area contributed by atoms with Crippen LogP contribution in [-0.4, -0.2) is 6.04 Å². The molecule has 0 aromatic carbocycles. The topological polar surface area (TPSA) is 29.4 Å². The molecule has 0 radical (unpaired) electrons. The molecule has 0 amide bonds. The van der Waals surface area contributed by atoms with E-state index in [1.165, 1.54) is 19.3 Å². The first kappa shape index (κ1) is 7.70. The van der Waals surface area contributed by atoms with Gasteiger partial charge >= 0.3 is 0 Å². The summed E-state index contributed by atoms with van der Waals surface area (Å²) in [5.41, 5.74) is 0. The second kappa shape index (κ2) is 3.13. The Morgan fingerprint density at radius 1 is 1.20 bits per heavy atom. The van der Waals surface area contributed by atoms with Gasteiger partial charge in [0.2, 0.25) is 0 Å². The van der Waals surface area contributed by atoms with Crippen LogP contribution >= 0.6 is 0 Å². The fraction of sp³-hybridized carbons (Fsp3) is 1.00. The molecule has 0 saturated heterocycles. The third-order valence-electron chi connectivity index (χ3n) is 2.61. The lowest BCUT2D eigenvalue weighted by Gasteiger charge is -2.28. The predicted octanol–water partition coefficient (Wildman–Crippen LogP) is 2.58. The summed E-state index contributed by atoms with van der Waals surface area (Å²) < 4.78 is 0. The molecule has 0 spiro atoms. The second-order valence-electron chi connectivity index (χ2n) is 3.48. The molecule has 1 rings (SSSR count). The summed E-state index contributed by atoms with van der Waals surface area (Å²) in [5, 5.41) is 3.16. The summed E-state index contributed by atoms with van der Waals surface area (Å²) >= 11 is 0. The van der Waals surface area contributed by atoms with Gasteiger partial charge in [-0.2, -0.15) is 4.91 Å². The first-order valence-electron chi connectivity index (χ1n) is 4.08. The molecule has 1 saturated carbocycles. The highest BCUT2D eigenvalue weighted by atomic mass is 16.3. The smallest absolute Gasteiger partial charge is 0.0970 e. The van der Waals surface area contributed by atoms with Crippen molar-refractivity contribution in [3.8, 4) is 0 Å².